The summed E-state index contributed by atoms with van der Waals surface area (Å²) in [6, 6.07) is 0. The first-order valence-corrected chi connectivity index (χ1v) is 6.84. The highest BCUT2D eigenvalue weighted by Crippen LogP contribution is 2.40. The lowest BCUT2D eigenvalue weighted by molar-refractivity contribution is 0.0863. The summed E-state index contributed by atoms with van der Waals surface area (Å²) >= 11 is 0. The summed E-state index contributed by atoms with van der Waals surface area (Å²) in [7, 11) is 0. The average Bonchev–Trinajstić information content (AvgIpc) is 2.23. The molecular formula is C14H29NO. The van der Waals surface area contributed by atoms with Gasteiger partial charge in [0.05, 0.1) is 0 Å². The molecule has 0 bridgehead atoms. The minimum absolute atomic E-state index is 0.0573. The maximum absolute atomic E-state index is 6.41. The van der Waals surface area contributed by atoms with Crippen LogP contribution in [0.5, 0.6) is 0 Å². The zero-order chi connectivity index (χ0) is 12.1. The molecule has 1 aliphatic rings. The summed E-state index contributed by atoms with van der Waals surface area (Å²) in [5.74, 6) is 0. The smallest absolute Gasteiger partial charge is 0.0483 e. The van der Waals surface area contributed by atoms with Crippen LogP contribution in [0.1, 0.15) is 65.7 Å². The van der Waals surface area contributed by atoms with Crippen LogP contribution in [0.4, 0.5) is 0 Å². The summed E-state index contributed by atoms with van der Waals surface area (Å²) in [5, 5.41) is 0. The van der Waals surface area contributed by atoms with Gasteiger partial charge in [0.1, 0.15) is 0 Å². The normalized spacial score (nSPS) is 23.2. The average molecular weight is 227 g/mol. The molecule has 0 spiro atoms. The van der Waals surface area contributed by atoms with E-state index in [-0.39, 0.29) is 5.54 Å². The summed E-state index contributed by atoms with van der Waals surface area (Å²) in [6.07, 6.45) is 8.27. The van der Waals surface area contributed by atoms with Crippen LogP contribution in [0.15, 0.2) is 0 Å². The number of hydrogen-bond donors (Lipinski definition) is 1. The Morgan fingerprint density at radius 3 is 2.25 bits per heavy atom. The van der Waals surface area contributed by atoms with Crippen molar-refractivity contribution in [2.45, 2.75) is 71.3 Å². The fourth-order valence-electron chi connectivity index (χ4n) is 2.30. The van der Waals surface area contributed by atoms with Crippen molar-refractivity contribution in [1.82, 2.24) is 0 Å². The van der Waals surface area contributed by atoms with Gasteiger partial charge in [0.2, 0.25) is 0 Å². The molecule has 1 saturated carbocycles. The molecule has 0 aromatic rings. The van der Waals surface area contributed by atoms with Crippen LogP contribution in [-0.2, 0) is 4.74 Å². The van der Waals surface area contributed by atoms with Gasteiger partial charge < -0.3 is 10.5 Å². The van der Waals surface area contributed by atoms with Gasteiger partial charge in [-0.2, -0.15) is 0 Å². The lowest BCUT2D eigenvalue weighted by Crippen LogP contribution is -2.45. The van der Waals surface area contributed by atoms with E-state index in [1.165, 1.54) is 25.7 Å². The number of unbranched alkanes of at least 4 members (excludes halogenated alkanes) is 1. The molecule has 16 heavy (non-hydrogen) atoms. The molecule has 2 N–H and O–H groups in total. The predicted octanol–water partition coefficient (Wildman–Crippen LogP) is 3.49. The first-order valence-electron chi connectivity index (χ1n) is 6.84. The number of hydrogen-bond acceptors (Lipinski definition) is 2. The lowest BCUT2D eigenvalue weighted by atomic mass is 9.69. The molecule has 0 amide bonds. The van der Waals surface area contributed by atoms with Crippen LogP contribution in [0, 0.1) is 5.41 Å². The van der Waals surface area contributed by atoms with E-state index in [4.69, 9.17) is 10.5 Å². The molecule has 0 aromatic heterocycles. The third kappa shape index (κ3) is 4.84. The van der Waals surface area contributed by atoms with Crippen molar-refractivity contribution < 1.29 is 4.74 Å². The standard InChI is InChI=1S/C14H29NO/c1-4-5-11-16-12-10-14(15)8-6-13(2,3)7-9-14/h4-12,15H2,1-3H3. The van der Waals surface area contributed by atoms with E-state index >= 15 is 0 Å². The Morgan fingerprint density at radius 1 is 1.06 bits per heavy atom. The van der Waals surface area contributed by atoms with Crippen molar-refractivity contribution in [3.8, 4) is 0 Å². The van der Waals surface area contributed by atoms with Crippen molar-refractivity contribution in [3.05, 3.63) is 0 Å². The third-order valence-corrected chi connectivity index (χ3v) is 3.99. The van der Waals surface area contributed by atoms with Gasteiger partial charge in [0.25, 0.3) is 0 Å². The minimum Gasteiger partial charge on any atom is -0.381 e. The highest BCUT2D eigenvalue weighted by molar-refractivity contribution is 4.92. The van der Waals surface area contributed by atoms with Crippen LogP contribution < -0.4 is 5.73 Å². The SMILES string of the molecule is CCCCOCCC1(N)CCC(C)(C)CC1. The first kappa shape index (κ1) is 14.0. The van der Waals surface area contributed by atoms with Crippen molar-refractivity contribution >= 4 is 0 Å². The Balaban J connectivity index is 2.16. The molecule has 0 aromatic carbocycles. The minimum atomic E-state index is 0.0573. The van der Waals surface area contributed by atoms with Gasteiger partial charge in [-0.3, -0.25) is 0 Å². The van der Waals surface area contributed by atoms with Crippen molar-refractivity contribution in [1.29, 1.82) is 0 Å². The van der Waals surface area contributed by atoms with Gasteiger partial charge in [-0.1, -0.05) is 27.2 Å². The highest BCUT2D eigenvalue weighted by atomic mass is 16.5. The molecule has 0 heterocycles. The fraction of sp³-hybridized carbons (Fsp3) is 1.00. The van der Waals surface area contributed by atoms with Crippen molar-refractivity contribution in [3.63, 3.8) is 0 Å². The Kier molecular flexibility index (Phi) is 5.26. The zero-order valence-corrected chi connectivity index (χ0v) is 11.3. The van der Waals surface area contributed by atoms with Crippen molar-refractivity contribution in [2.75, 3.05) is 13.2 Å². The Bertz CT molecular complexity index is 191. The second-order valence-corrected chi connectivity index (χ2v) is 6.24. The number of nitrogens with two attached hydrogens (primary N) is 1. The monoisotopic (exact) mass is 227 g/mol. The van der Waals surface area contributed by atoms with Crippen LogP contribution in [0.25, 0.3) is 0 Å². The molecule has 96 valence electrons. The van der Waals surface area contributed by atoms with Crippen LogP contribution >= 0.6 is 0 Å². The van der Waals surface area contributed by atoms with E-state index in [0.29, 0.717) is 5.41 Å². The van der Waals surface area contributed by atoms with Gasteiger partial charge >= 0.3 is 0 Å². The quantitative estimate of drug-likeness (QED) is 0.705. The Hall–Kier alpha value is -0.0800. The predicted molar refractivity (Wildman–Crippen MR) is 69.5 cm³/mol. The number of rotatable bonds is 6. The van der Waals surface area contributed by atoms with Gasteiger partial charge in [-0.15, -0.1) is 0 Å². The molecule has 2 nitrogen and oxygen atoms in total. The summed E-state index contributed by atoms with van der Waals surface area (Å²) in [5.41, 5.74) is 6.98. The third-order valence-electron chi connectivity index (χ3n) is 3.99. The van der Waals surface area contributed by atoms with Crippen molar-refractivity contribution in [2.24, 2.45) is 11.1 Å². The maximum Gasteiger partial charge on any atom is 0.0483 e. The molecule has 2 heteroatoms. The molecule has 0 aliphatic heterocycles. The molecule has 0 radical (unpaired) electrons. The topological polar surface area (TPSA) is 35.2 Å². The molecule has 0 atom stereocenters. The van der Waals surface area contributed by atoms with Gasteiger partial charge in [-0.25, -0.2) is 0 Å². The fourth-order valence-corrected chi connectivity index (χ4v) is 2.30. The van der Waals surface area contributed by atoms with E-state index in [1.54, 1.807) is 0 Å². The van der Waals surface area contributed by atoms with Crippen LogP contribution in [0.2, 0.25) is 0 Å². The Labute approximate surface area is 101 Å². The zero-order valence-electron chi connectivity index (χ0n) is 11.3. The highest BCUT2D eigenvalue weighted by Gasteiger charge is 2.34. The molecular weight excluding hydrogens is 198 g/mol. The number of ether oxygens (including phenoxy) is 1. The summed E-state index contributed by atoms with van der Waals surface area (Å²) in [4.78, 5) is 0. The first-order chi connectivity index (χ1) is 7.47. The van der Waals surface area contributed by atoms with Crippen LogP contribution in [-0.4, -0.2) is 18.8 Å². The van der Waals surface area contributed by atoms with E-state index in [0.717, 1.165) is 32.5 Å². The maximum atomic E-state index is 6.41. The molecule has 1 aliphatic carbocycles. The summed E-state index contributed by atoms with van der Waals surface area (Å²) in [6.45, 7) is 8.64. The van der Waals surface area contributed by atoms with Gasteiger partial charge in [0, 0.05) is 18.8 Å². The van der Waals surface area contributed by atoms with Gasteiger partial charge in [-0.05, 0) is 43.9 Å². The second-order valence-electron chi connectivity index (χ2n) is 6.24. The van der Waals surface area contributed by atoms with Gasteiger partial charge in [0.15, 0.2) is 0 Å². The molecule has 1 fully saturated rings. The Morgan fingerprint density at radius 2 is 1.69 bits per heavy atom. The molecule has 0 saturated heterocycles. The lowest BCUT2D eigenvalue weighted by Gasteiger charge is -2.41. The second kappa shape index (κ2) is 6.02. The summed E-state index contributed by atoms with van der Waals surface area (Å²) < 4.78 is 5.61. The molecule has 0 unspecified atom stereocenters. The van der Waals surface area contributed by atoms with Crippen LogP contribution in [0.3, 0.4) is 0 Å². The van der Waals surface area contributed by atoms with E-state index in [1.807, 2.05) is 0 Å². The van der Waals surface area contributed by atoms with E-state index in [9.17, 15) is 0 Å². The molecule has 1 rings (SSSR count). The largest absolute Gasteiger partial charge is 0.381 e. The van der Waals surface area contributed by atoms with E-state index in [2.05, 4.69) is 20.8 Å². The van der Waals surface area contributed by atoms with E-state index < -0.39 is 0 Å².